The quantitative estimate of drug-likeness (QED) is 0.670. The molecule has 0 aliphatic carbocycles. The fourth-order valence-corrected chi connectivity index (χ4v) is 1.70. The number of rotatable bonds is 3. The Morgan fingerprint density at radius 2 is 1.95 bits per heavy atom. The van der Waals surface area contributed by atoms with Crippen molar-refractivity contribution in [2.45, 2.75) is 0 Å². The van der Waals surface area contributed by atoms with Crippen LogP contribution < -0.4 is 10.2 Å². The molecular formula is C14H10N4O. The van der Waals surface area contributed by atoms with Gasteiger partial charge in [0.15, 0.2) is 0 Å². The summed E-state index contributed by atoms with van der Waals surface area (Å²) in [4.78, 5) is 0. The summed E-state index contributed by atoms with van der Waals surface area (Å²) in [6, 6.07) is 14.8. The Balaban J connectivity index is 2.44. The molecule has 0 heterocycles. The molecule has 92 valence electrons. The van der Waals surface area contributed by atoms with E-state index < -0.39 is 0 Å². The maximum absolute atomic E-state index is 8.61. The topological polar surface area (TPSA) is 81.2 Å². The zero-order valence-electron chi connectivity index (χ0n) is 10.2. The van der Waals surface area contributed by atoms with E-state index >= 15 is 0 Å². The number of benzene rings is 2. The second-order valence-corrected chi connectivity index (χ2v) is 3.70. The molecular weight excluding hydrogens is 240 g/mol. The number of hydrazone groups is 1. The summed E-state index contributed by atoms with van der Waals surface area (Å²) >= 11 is 0. The van der Waals surface area contributed by atoms with Crippen LogP contribution in [-0.2, 0) is 0 Å². The summed E-state index contributed by atoms with van der Waals surface area (Å²) in [7, 11) is 1.59. The Morgan fingerprint density at radius 3 is 2.63 bits per heavy atom. The van der Waals surface area contributed by atoms with E-state index in [0.29, 0.717) is 11.4 Å². The molecule has 2 aromatic carbocycles. The van der Waals surface area contributed by atoms with Crippen LogP contribution in [0.1, 0.15) is 0 Å². The molecule has 5 nitrogen and oxygen atoms in total. The summed E-state index contributed by atoms with van der Waals surface area (Å²) in [6.45, 7) is 0. The van der Waals surface area contributed by atoms with Crippen LogP contribution in [0.2, 0.25) is 0 Å². The van der Waals surface area contributed by atoms with Gasteiger partial charge in [0.05, 0.1) is 12.8 Å². The number of methoxy groups -OCH3 is 1. The van der Waals surface area contributed by atoms with Crippen LogP contribution in [0, 0.1) is 22.7 Å². The number of nitrogens with zero attached hydrogens (tertiary/aromatic N) is 3. The molecule has 0 aliphatic heterocycles. The Bertz CT molecular complexity index is 706. The first-order valence-corrected chi connectivity index (χ1v) is 5.49. The summed E-state index contributed by atoms with van der Waals surface area (Å²) in [5.74, 6) is 0.700. The molecule has 1 N–H and O–H groups in total. The van der Waals surface area contributed by atoms with Crippen LogP contribution in [-0.4, -0.2) is 12.8 Å². The van der Waals surface area contributed by atoms with Crippen molar-refractivity contribution in [2.24, 2.45) is 5.10 Å². The molecule has 0 aromatic heterocycles. The van der Waals surface area contributed by atoms with E-state index in [1.54, 1.807) is 25.3 Å². The second-order valence-electron chi connectivity index (χ2n) is 3.70. The van der Waals surface area contributed by atoms with Gasteiger partial charge in [0.1, 0.15) is 17.9 Å². The van der Waals surface area contributed by atoms with E-state index in [0.717, 1.165) is 10.8 Å². The van der Waals surface area contributed by atoms with Crippen molar-refractivity contribution in [1.29, 1.82) is 10.5 Å². The van der Waals surface area contributed by atoms with E-state index in [9.17, 15) is 0 Å². The standard InChI is InChI=1S/C14H10N4O/c1-19-14-7-11(17-18-12(8-15)9-16)6-10-4-2-3-5-13(10)14/h2-7,17H,1H3. The maximum Gasteiger partial charge on any atom is 0.237 e. The highest BCUT2D eigenvalue weighted by atomic mass is 16.5. The van der Waals surface area contributed by atoms with E-state index in [4.69, 9.17) is 15.3 Å². The molecule has 0 atom stereocenters. The summed E-state index contributed by atoms with van der Waals surface area (Å²) < 4.78 is 5.31. The Morgan fingerprint density at radius 1 is 1.21 bits per heavy atom. The normalized spacial score (nSPS) is 9.21. The van der Waals surface area contributed by atoms with Crippen molar-refractivity contribution in [3.05, 3.63) is 36.4 Å². The van der Waals surface area contributed by atoms with E-state index in [2.05, 4.69) is 10.5 Å². The molecule has 0 saturated carbocycles. The lowest BCUT2D eigenvalue weighted by Gasteiger charge is -2.08. The van der Waals surface area contributed by atoms with Crippen LogP contribution in [0.3, 0.4) is 0 Å². The van der Waals surface area contributed by atoms with Crippen LogP contribution in [0.4, 0.5) is 5.69 Å². The molecule has 0 amide bonds. The molecule has 5 heteroatoms. The van der Waals surface area contributed by atoms with Gasteiger partial charge < -0.3 is 4.74 Å². The summed E-state index contributed by atoms with van der Waals surface area (Å²) in [6.07, 6.45) is 0. The van der Waals surface area contributed by atoms with E-state index in [-0.39, 0.29) is 5.71 Å². The molecule has 0 unspecified atom stereocenters. The van der Waals surface area contributed by atoms with Crippen molar-refractivity contribution in [3.8, 4) is 17.9 Å². The number of fused-ring (bicyclic) bond motifs is 1. The maximum atomic E-state index is 8.61. The van der Waals surface area contributed by atoms with E-state index in [1.807, 2.05) is 30.3 Å². The zero-order chi connectivity index (χ0) is 13.7. The van der Waals surface area contributed by atoms with Crippen molar-refractivity contribution in [3.63, 3.8) is 0 Å². The van der Waals surface area contributed by atoms with Gasteiger partial charge >= 0.3 is 0 Å². The van der Waals surface area contributed by atoms with Crippen LogP contribution in [0.5, 0.6) is 5.75 Å². The highest BCUT2D eigenvalue weighted by Gasteiger charge is 2.04. The lowest BCUT2D eigenvalue weighted by atomic mass is 10.1. The predicted octanol–water partition coefficient (Wildman–Crippen LogP) is 2.66. The van der Waals surface area contributed by atoms with Gasteiger partial charge in [-0.2, -0.15) is 15.6 Å². The molecule has 0 saturated heterocycles. The van der Waals surface area contributed by atoms with E-state index in [1.165, 1.54) is 0 Å². The monoisotopic (exact) mass is 250 g/mol. The Kier molecular flexibility index (Phi) is 3.61. The van der Waals surface area contributed by atoms with Gasteiger partial charge in [-0.15, -0.1) is 0 Å². The lowest BCUT2D eigenvalue weighted by Crippen LogP contribution is -1.97. The number of nitriles is 2. The molecule has 2 rings (SSSR count). The fraction of sp³-hybridized carbons (Fsp3) is 0.0714. The third kappa shape index (κ3) is 2.62. The van der Waals surface area contributed by atoms with Crippen molar-refractivity contribution < 1.29 is 4.74 Å². The largest absolute Gasteiger partial charge is 0.496 e. The average molecular weight is 250 g/mol. The fourth-order valence-electron chi connectivity index (χ4n) is 1.70. The van der Waals surface area contributed by atoms with Gasteiger partial charge in [0.2, 0.25) is 5.71 Å². The van der Waals surface area contributed by atoms with Crippen LogP contribution in [0.15, 0.2) is 41.5 Å². The second kappa shape index (κ2) is 5.52. The minimum Gasteiger partial charge on any atom is -0.496 e. The van der Waals surface area contributed by atoms with Crippen molar-refractivity contribution in [1.82, 2.24) is 0 Å². The number of ether oxygens (including phenoxy) is 1. The summed E-state index contributed by atoms with van der Waals surface area (Å²) in [5, 5.41) is 22.9. The van der Waals surface area contributed by atoms with Crippen LogP contribution >= 0.6 is 0 Å². The van der Waals surface area contributed by atoms with Gasteiger partial charge in [0, 0.05) is 11.5 Å². The first-order chi connectivity index (χ1) is 9.28. The van der Waals surface area contributed by atoms with Gasteiger partial charge in [-0.25, -0.2) is 0 Å². The van der Waals surface area contributed by atoms with Crippen molar-refractivity contribution in [2.75, 3.05) is 12.5 Å². The smallest absolute Gasteiger partial charge is 0.237 e. The highest BCUT2D eigenvalue weighted by molar-refractivity contribution is 6.10. The highest BCUT2D eigenvalue weighted by Crippen LogP contribution is 2.29. The average Bonchev–Trinajstić information content (AvgIpc) is 2.47. The molecule has 0 fully saturated rings. The number of anilines is 1. The first-order valence-electron chi connectivity index (χ1n) is 5.49. The molecule has 0 radical (unpaired) electrons. The minimum absolute atomic E-state index is 0.230. The predicted molar refractivity (Wildman–Crippen MR) is 72.8 cm³/mol. The summed E-state index contributed by atoms with van der Waals surface area (Å²) in [5.41, 5.74) is 3.10. The third-order valence-electron chi connectivity index (χ3n) is 2.55. The lowest BCUT2D eigenvalue weighted by molar-refractivity contribution is 0.420. The van der Waals surface area contributed by atoms with Crippen molar-refractivity contribution >= 4 is 22.2 Å². The Labute approximate surface area is 110 Å². The zero-order valence-corrected chi connectivity index (χ0v) is 10.2. The SMILES string of the molecule is COc1cc(NN=C(C#N)C#N)cc2ccccc12. The molecule has 2 aromatic rings. The number of nitrogens with one attached hydrogen (secondary N) is 1. The Hall–Kier alpha value is -3.05. The molecule has 19 heavy (non-hydrogen) atoms. The van der Waals surface area contributed by atoms with Gasteiger partial charge in [-0.1, -0.05) is 24.3 Å². The number of hydrogen-bond acceptors (Lipinski definition) is 5. The molecule has 0 bridgehead atoms. The number of hydrogen-bond donors (Lipinski definition) is 1. The molecule has 0 aliphatic rings. The van der Waals surface area contributed by atoms with Gasteiger partial charge in [-0.3, -0.25) is 5.43 Å². The third-order valence-corrected chi connectivity index (χ3v) is 2.55. The van der Waals surface area contributed by atoms with Crippen LogP contribution in [0.25, 0.3) is 10.8 Å². The molecule has 0 spiro atoms. The minimum atomic E-state index is -0.230. The first kappa shape index (κ1) is 12.4. The van der Waals surface area contributed by atoms with Gasteiger partial charge in [0.25, 0.3) is 0 Å². The van der Waals surface area contributed by atoms with Gasteiger partial charge in [-0.05, 0) is 11.5 Å².